The zero-order chi connectivity index (χ0) is 12.3. The first-order valence-corrected chi connectivity index (χ1v) is 5.89. The molecule has 0 radical (unpaired) electrons. The predicted octanol–water partition coefficient (Wildman–Crippen LogP) is 1.68. The van der Waals surface area contributed by atoms with Gasteiger partial charge in [-0.2, -0.15) is 0 Å². The summed E-state index contributed by atoms with van der Waals surface area (Å²) in [4.78, 5) is 19.0. The number of nitrogens with two attached hydrogens (primary N) is 1. The van der Waals surface area contributed by atoms with E-state index in [0.717, 1.165) is 11.4 Å². The van der Waals surface area contributed by atoms with Crippen LogP contribution in [0.3, 0.4) is 0 Å². The largest absolute Gasteiger partial charge is 0.481 e. The van der Waals surface area contributed by atoms with Gasteiger partial charge in [0.15, 0.2) is 0 Å². The van der Waals surface area contributed by atoms with Gasteiger partial charge in [0.25, 0.3) is 0 Å². The predicted molar refractivity (Wildman–Crippen MR) is 64.5 cm³/mol. The summed E-state index contributed by atoms with van der Waals surface area (Å²) < 4.78 is 0. The number of carboxylic acids is 1. The lowest BCUT2D eigenvalue weighted by molar-refractivity contribution is -0.137. The second-order valence-electron chi connectivity index (χ2n) is 3.49. The normalized spacial score (nSPS) is 12.3. The van der Waals surface area contributed by atoms with Gasteiger partial charge >= 0.3 is 5.97 Å². The van der Waals surface area contributed by atoms with Gasteiger partial charge in [-0.05, 0) is 12.1 Å². The third kappa shape index (κ3) is 2.86. The summed E-state index contributed by atoms with van der Waals surface area (Å²) in [6.45, 7) is 0. The molecule has 2 aromatic rings. The highest BCUT2D eigenvalue weighted by atomic mass is 32.1. The molecule has 1 unspecified atom stereocenters. The van der Waals surface area contributed by atoms with Crippen molar-refractivity contribution in [3.63, 3.8) is 0 Å². The lowest BCUT2D eigenvalue weighted by Crippen LogP contribution is -2.14. The van der Waals surface area contributed by atoms with Crippen LogP contribution in [0.2, 0.25) is 0 Å². The van der Waals surface area contributed by atoms with E-state index in [1.165, 1.54) is 11.3 Å². The van der Waals surface area contributed by atoms with Gasteiger partial charge in [-0.15, -0.1) is 11.3 Å². The maximum absolute atomic E-state index is 10.5. The first-order valence-electron chi connectivity index (χ1n) is 5.01. The second kappa shape index (κ2) is 5.03. The smallest absolute Gasteiger partial charge is 0.305 e. The minimum absolute atomic E-state index is 0.116. The monoisotopic (exact) mass is 249 g/mol. The number of hydrogen-bond donors (Lipinski definition) is 2. The Balaban J connectivity index is 2.19. The third-order valence-electron chi connectivity index (χ3n) is 2.16. The summed E-state index contributed by atoms with van der Waals surface area (Å²) in [5.41, 5.74) is 7.22. The molecule has 0 bridgehead atoms. The van der Waals surface area contributed by atoms with Crippen LogP contribution >= 0.6 is 11.3 Å². The van der Waals surface area contributed by atoms with Crippen LogP contribution in [-0.2, 0) is 4.79 Å². The van der Waals surface area contributed by atoms with Crippen molar-refractivity contribution in [2.24, 2.45) is 5.73 Å². The van der Waals surface area contributed by atoms with Crippen LogP contribution in [0.4, 0.5) is 0 Å². The fourth-order valence-electron chi connectivity index (χ4n) is 1.37. The van der Waals surface area contributed by atoms with Crippen LogP contribution in [0.1, 0.15) is 17.5 Å². The fourth-order valence-corrected chi connectivity index (χ4v) is 2.18. The minimum Gasteiger partial charge on any atom is -0.481 e. The van der Waals surface area contributed by atoms with E-state index in [0.29, 0.717) is 5.01 Å². The number of aliphatic carboxylic acids is 1. The Morgan fingerprint density at radius 1 is 1.47 bits per heavy atom. The molecule has 5 nitrogen and oxygen atoms in total. The van der Waals surface area contributed by atoms with Gasteiger partial charge in [0.05, 0.1) is 23.9 Å². The molecular weight excluding hydrogens is 238 g/mol. The first kappa shape index (κ1) is 11.7. The summed E-state index contributed by atoms with van der Waals surface area (Å²) in [6, 6.07) is 4.99. The van der Waals surface area contributed by atoms with Crippen LogP contribution in [0.25, 0.3) is 11.4 Å². The van der Waals surface area contributed by atoms with Gasteiger partial charge in [0.1, 0.15) is 5.01 Å². The lowest BCUT2D eigenvalue weighted by atomic mass is 10.2. The molecule has 2 aromatic heterocycles. The highest BCUT2D eigenvalue weighted by Gasteiger charge is 2.15. The zero-order valence-corrected chi connectivity index (χ0v) is 9.72. The highest BCUT2D eigenvalue weighted by molar-refractivity contribution is 7.10. The summed E-state index contributed by atoms with van der Waals surface area (Å²) in [7, 11) is 0. The topological polar surface area (TPSA) is 89.1 Å². The van der Waals surface area contributed by atoms with Gasteiger partial charge in [0.2, 0.25) is 0 Å². The van der Waals surface area contributed by atoms with Crippen LogP contribution in [0, 0.1) is 0 Å². The maximum atomic E-state index is 10.5. The van der Waals surface area contributed by atoms with E-state index in [9.17, 15) is 4.79 Å². The third-order valence-corrected chi connectivity index (χ3v) is 3.14. The van der Waals surface area contributed by atoms with Gasteiger partial charge in [-0.3, -0.25) is 9.78 Å². The van der Waals surface area contributed by atoms with Gasteiger partial charge in [0, 0.05) is 11.6 Å². The van der Waals surface area contributed by atoms with E-state index in [4.69, 9.17) is 10.8 Å². The SMILES string of the molecule is NC(CC(=O)O)c1nc(-c2ccccn2)cs1. The molecule has 2 rings (SSSR count). The quantitative estimate of drug-likeness (QED) is 0.860. The van der Waals surface area contributed by atoms with Gasteiger partial charge in [-0.1, -0.05) is 6.07 Å². The Morgan fingerprint density at radius 3 is 2.94 bits per heavy atom. The molecule has 17 heavy (non-hydrogen) atoms. The van der Waals surface area contributed by atoms with E-state index < -0.39 is 12.0 Å². The standard InChI is InChI=1S/C11H11N3O2S/c12-7(5-10(15)16)11-14-9(6-17-11)8-3-1-2-4-13-8/h1-4,6-7H,5,12H2,(H,15,16). The summed E-state index contributed by atoms with van der Waals surface area (Å²) >= 11 is 1.36. The van der Waals surface area contributed by atoms with E-state index in [2.05, 4.69) is 9.97 Å². The van der Waals surface area contributed by atoms with Crippen LogP contribution < -0.4 is 5.73 Å². The van der Waals surface area contributed by atoms with Crippen molar-refractivity contribution in [2.75, 3.05) is 0 Å². The van der Waals surface area contributed by atoms with Crippen molar-refractivity contribution >= 4 is 17.3 Å². The highest BCUT2D eigenvalue weighted by Crippen LogP contribution is 2.24. The van der Waals surface area contributed by atoms with Crippen molar-refractivity contribution in [3.8, 4) is 11.4 Å². The molecule has 0 fully saturated rings. The fraction of sp³-hybridized carbons (Fsp3) is 0.182. The van der Waals surface area contributed by atoms with Crippen molar-refractivity contribution in [2.45, 2.75) is 12.5 Å². The molecule has 0 aliphatic rings. The van der Waals surface area contributed by atoms with E-state index in [1.54, 1.807) is 6.20 Å². The molecule has 0 aliphatic heterocycles. The van der Waals surface area contributed by atoms with E-state index in [1.807, 2.05) is 23.6 Å². The number of pyridine rings is 1. The van der Waals surface area contributed by atoms with E-state index in [-0.39, 0.29) is 6.42 Å². The van der Waals surface area contributed by atoms with Crippen molar-refractivity contribution in [3.05, 3.63) is 34.8 Å². The number of carbonyl (C=O) groups is 1. The molecule has 0 amide bonds. The Kier molecular flexibility index (Phi) is 3.46. The first-order chi connectivity index (χ1) is 8.16. The number of rotatable bonds is 4. The van der Waals surface area contributed by atoms with E-state index >= 15 is 0 Å². The molecule has 6 heteroatoms. The van der Waals surface area contributed by atoms with Gasteiger partial charge < -0.3 is 10.8 Å². The molecule has 88 valence electrons. The Morgan fingerprint density at radius 2 is 2.29 bits per heavy atom. The number of hydrogen-bond acceptors (Lipinski definition) is 5. The van der Waals surface area contributed by atoms with Crippen molar-refractivity contribution in [1.29, 1.82) is 0 Å². The number of carboxylic acid groups (broad SMARTS) is 1. The Labute approximate surface area is 102 Å². The summed E-state index contributed by atoms with van der Waals surface area (Å²) in [5.74, 6) is -0.924. The molecule has 0 saturated carbocycles. The average Bonchev–Trinajstić information content (AvgIpc) is 2.78. The number of thiazole rings is 1. The molecule has 0 spiro atoms. The molecule has 0 aliphatic carbocycles. The Hall–Kier alpha value is -1.79. The van der Waals surface area contributed by atoms with Crippen molar-refractivity contribution < 1.29 is 9.90 Å². The summed E-state index contributed by atoms with van der Waals surface area (Å²) in [6.07, 6.45) is 1.57. The van der Waals surface area contributed by atoms with Crippen LogP contribution in [0.15, 0.2) is 29.8 Å². The molecule has 0 saturated heterocycles. The zero-order valence-electron chi connectivity index (χ0n) is 8.91. The molecular formula is C11H11N3O2S. The number of aromatic nitrogens is 2. The summed E-state index contributed by atoms with van der Waals surface area (Å²) in [5, 5.41) is 11.1. The Bertz CT molecular complexity index is 512. The molecule has 0 aromatic carbocycles. The molecule has 2 heterocycles. The maximum Gasteiger partial charge on any atom is 0.305 e. The molecule has 1 atom stereocenters. The van der Waals surface area contributed by atoms with Crippen molar-refractivity contribution in [1.82, 2.24) is 9.97 Å². The van der Waals surface area contributed by atoms with Crippen LogP contribution in [-0.4, -0.2) is 21.0 Å². The lowest BCUT2D eigenvalue weighted by Gasteiger charge is -2.03. The second-order valence-corrected chi connectivity index (χ2v) is 4.38. The number of nitrogens with zero attached hydrogens (tertiary/aromatic N) is 2. The van der Waals surface area contributed by atoms with Crippen LogP contribution in [0.5, 0.6) is 0 Å². The van der Waals surface area contributed by atoms with Gasteiger partial charge in [-0.25, -0.2) is 4.98 Å². The average molecular weight is 249 g/mol. The molecule has 3 N–H and O–H groups in total. The minimum atomic E-state index is -0.924.